The van der Waals surface area contributed by atoms with E-state index < -0.39 is 0 Å². The highest BCUT2D eigenvalue weighted by molar-refractivity contribution is 5.82. The standard InChI is InChI=1S/C13H12.C10H8.C9H8.2C8H10.2C5H10.C5H6.6C3H8.9C2H6/c1-3-7-12(8-4-1)11-13-9-5-2-6-10-13;1-2-6-10-8-4-3-7-9(10)5-1;1-2-5-9-7-3-6-8(9)4-1;2*1-2-8-6-4-3-5-7-8;3*1-2-4-5-3-1;6*1-3-2;9*1-2/h1-10H,11H2;1-8H;1-6H,7H2;2*3-7H,2H2,1H3;2*1-5H2;1-4H,5H2;6*3H2,1-2H3;9*1-2H3. The van der Waals surface area contributed by atoms with E-state index in [1.54, 1.807) is 0 Å². The van der Waals surface area contributed by atoms with Gasteiger partial charge in [-0.25, -0.2) is 0 Å². The van der Waals surface area contributed by atoms with Crippen LogP contribution in [0.2, 0.25) is 0 Å². The van der Waals surface area contributed by atoms with Crippen LogP contribution in [0.4, 0.5) is 0 Å². The van der Waals surface area contributed by atoms with E-state index in [4.69, 9.17) is 0 Å². The Morgan fingerprint density at radius 1 is 0.222 bits per heavy atom. The first-order valence-corrected chi connectivity index (χ1v) is 41.4. The second-order valence-electron chi connectivity index (χ2n) is 20.3. The fourth-order valence-corrected chi connectivity index (χ4v) is 7.34. The van der Waals surface area contributed by atoms with Crippen molar-refractivity contribution in [3.63, 3.8) is 0 Å². The molecule has 0 bridgehead atoms. The van der Waals surface area contributed by atoms with Crippen molar-refractivity contribution in [2.24, 2.45) is 0 Å². The third-order valence-corrected chi connectivity index (χ3v) is 11.1. The van der Waals surface area contributed by atoms with Gasteiger partial charge < -0.3 is 0 Å². The van der Waals surface area contributed by atoms with E-state index in [0.29, 0.717) is 0 Å². The third-order valence-electron chi connectivity index (χ3n) is 11.1. The Morgan fingerprint density at radius 2 is 0.424 bits per heavy atom. The molecule has 0 unspecified atom stereocenters. The summed E-state index contributed by atoms with van der Waals surface area (Å²) in [7, 11) is 0. The van der Waals surface area contributed by atoms with Gasteiger partial charge in [0.25, 0.3) is 0 Å². The van der Waals surface area contributed by atoms with Crippen molar-refractivity contribution in [1.29, 1.82) is 0 Å². The number of allylic oxidation sites excluding steroid dienone is 5. The number of hydrogen-bond donors (Lipinski definition) is 0. The van der Waals surface area contributed by atoms with E-state index in [9.17, 15) is 0 Å². The van der Waals surface area contributed by atoms with E-state index >= 15 is 0 Å². The Morgan fingerprint density at radius 3 is 0.616 bits per heavy atom. The summed E-state index contributed by atoms with van der Waals surface area (Å²) >= 11 is 0. The molecule has 0 radical (unpaired) electrons. The van der Waals surface area contributed by atoms with Crippen LogP contribution in [-0.4, -0.2) is 0 Å². The molecule has 7 aromatic carbocycles. The number of fused-ring (bicyclic) bond motifs is 2. The van der Waals surface area contributed by atoms with E-state index in [2.05, 4.69) is 315 Å². The van der Waals surface area contributed by atoms with Gasteiger partial charge in [0.15, 0.2) is 0 Å². The first-order chi connectivity index (χ1) is 48.7. The van der Waals surface area contributed by atoms with E-state index in [-0.39, 0.29) is 0 Å². The molecule has 0 saturated heterocycles. The molecule has 4 aliphatic carbocycles. The van der Waals surface area contributed by atoms with Gasteiger partial charge in [0.05, 0.1) is 0 Å². The molecule has 2 fully saturated rings. The molecule has 0 atom stereocenters. The van der Waals surface area contributed by atoms with Crippen molar-refractivity contribution in [3.05, 3.63) is 258 Å². The fraction of sp³-hybridized carbons (Fsp3) is 0.535. The minimum Gasteiger partial charge on any atom is -0.0808 e. The first kappa shape index (κ1) is 120. The van der Waals surface area contributed by atoms with Crippen LogP contribution in [0, 0.1) is 0 Å². The Bertz CT molecular complexity index is 2120. The smallest absolute Gasteiger partial charge is 0.00258 e. The highest BCUT2D eigenvalue weighted by Crippen LogP contribution is 2.18. The van der Waals surface area contributed by atoms with Gasteiger partial charge in [-0.2, -0.15) is 0 Å². The average Bonchev–Trinajstić information content (AvgIpc) is 2.11. The molecule has 4 aliphatic rings. The summed E-state index contributed by atoms with van der Waals surface area (Å²) in [6.07, 6.45) is 40.8. The van der Waals surface area contributed by atoms with Crippen molar-refractivity contribution in [2.45, 2.75) is 356 Å². The summed E-state index contributed by atoms with van der Waals surface area (Å²) in [5.41, 5.74) is 8.40. The van der Waals surface area contributed by atoms with Crippen molar-refractivity contribution >= 4 is 16.8 Å². The van der Waals surface area contributed by atoms with Crippen LogP contribution in [-0.2, 0) is 25.7 Å². The fourth-order valence-electron chi connectivity index (χ4n) is 7.34. The Kier molecular flexibility index (Phi) is 156. The molecule has 0 spiro atoms. The second kappa shape index (κ2) is 129. The molecule has 572 valence electrons. The van der Waals surface area contributed by atoms with E-state index in [1.807, 2.05) is 137 Å². The lowest BCUT2D eigenvalue weighted by atomic mass is 10.1. The van der Waals surface area contributed by atoms with E-state index in [1.165, 1.54) is 147 Å². The molecule has 0 heterocycles. The summed E-state index contributed by atoms with van der Waals surface area (Å²) in [6.45, 7) is 65.8. The summed E-state index contributed by atoms with van der Waals surface area (Å²) < 4.78 is 0. The highest BCUT2D eigenvalue weighted by Gasteiger charge is 2.00. The van der Waals surface area contributed by atoms with Crippen LogP contribution in [0.25, 0.3) is 16.8 Å². The lowest BCUT2D eigenvalue weighted by Crippen LogP contribution is -1.85. The molecule has 0 nitrogen and oxygen atoms in total. The van der Waals surface area contributed by atoms with Crippen LogP contribution in [0.5, 0.6) is 0 Å². The molecule has 0 amide bonds. The van der Waals surface area contributed by atoms with Gasteiger partial charge in [-0.3, -0.25) is 0 Å². The molecule has 11 rings (SSSR count). The zero-order chi connectivity index (χ0) is 78.3. The number of hydrogen-bond acceptors (Lipinski definition) is 0. The summed E-state index contributed by atoms with van der Waals surface area (Å²) in [6, 6.07) is 67.2. The minimum atomic E-state index is 1.03. The predicted molar refractivity (Wildman–Crippen MR) is 477 cm³/mol. The van der Waals surface area contributed by atoms with Crippen LogP contribution in [0.3, 0.4) is 0 Å². The zero-order valence-electron chi connectivity index (χ0n) is 72.8. The van der Waals surface area contributed by atoms with Gasteiger partial charge in [0.2, 0.25) is 0 Å². The lowest BCUT2D eigenvalue weighted by molar-refractivity contribution is 0.886. The lowest BCUT2D eigenvalue weighted by Gasteiger charge is -2.00. The number of rotatable bonds is 4. The zero-order valence-corrected chi connectivity index (χ0v) is 72.8. The third kappa shape index (κ3) is 106. The van der Waals surface area contributed by atoms with Gasteiger partial charge in [0, 0.05) is 0 Å². The molecule has 7 aromatic rings. The maximum atomic E-state index is 2.20. The van der Waals surface area contributed by atoms with Gasteiger partial charge in [-0.1, -0.05) is 555 Å². The molecular formula is C99H176. The van der Waals surface area contributed by atoms with Crippen molar-refractivity contribution < 1.29 is 0 Å². The van der Waals surface area contributed by atoms with Crippen LogP contribution < -0.4 is 0 Å². The van der Waals surface area contributed by atoms with Crippen molar-refractivity contribution in [2.75, 3.05) is 0 Å². The summed E-state index contributed by atoms with van der Waals surface area (Å²) in [5, 5.41) is 2.62. The average molecular weight is 1370 g/mol. The molecule has 0 heteroatoms. The highest BCUT2D eigenvalue weighted by atomic mass is 14.1. The summed E-state index contributed by atoms with van der Waals surface area (Å²) in [5.74, 6) is 0. The second-order valence-corrected chi connectivity index (χ2v) is 20.3. The van der Waals surface area contributed by atoms with E-state index in [0.717, 1.165) is 32.1 Å². The van der Waals surface area contributed by atoms with Crippen LogP contribution >= 0.6 is 0 Å². The number of aryl methyl sites for hydroxylation is 2. The topological polar surface area (TPSA) is 0 Å². The van der Waals surface area contributed by atoms with Gasteiger partial charge in [-0.05, 0) is 76.3 Å². The Hall–Kier alpha value is -5.98. The maximum absolute atomic E-state index is 2.20. The van der Waals surface area contributed by atoms with Gasteiger partial charge in [-0.15, -0.1) is 0 Å². The largest absolute Gasteiger partial charge is 0.0808 e. The maximum Gasteiger partial charge on any atom is -0.00258 e. The first-order valence-electron chi connectivity index (χ1n) is 41.4. The molecule has 0 aliphatic heterocycles. The molecule has 0 aromatic heterocycles. The van der Waals surface area contributed by atoms with Crippen LogP contribution in [0.15, 0.2) is 225 Å². The predicted octanol–water partition coefficient (Wildman–Crippen LogP) is 36.0. The Labute approximate surface area is 627 Å². The Balaban J connectivity index is -0.0000000827. The van der Waals surface area contributed by atoms with Gasteiger partial charge >= 0.3 is 0 Å². The van der Waals surface area contributed by atoms with Crippen molar-refractivity contribution in [3.8, 4) is 0 Å². The molecule has 99 heavy (non-hydrogen) atoms. The SMILES string of the molecule is C1=CCC=C1.C1=Cc2ccccc2C1.C1CCCC1.C1CCCC1.CC.CC.CC.CC.CC.CC.CC.CC.CC.CCC.CCC.CCC.CCC.CCC.CCC.CCc1ccccc1.CCc1ccccc1.c1ccc(Cc2ccccc2)cc1.c1ccc2ccccc2c1. The van der Waals surface area contributed by atoms with Gasteiger partial charge in [0.1, 0.15) is 0 Å². The molecule has 2 saturated carbocycles. The molecule has 0 N–H and O–H groups in total. The van der Waals surface area contributed by atoms with Crippen LogP contribution in [0.1, 0.15) is 364 Å². The quantitative estimate of drug-likeness (QED) is 0.165. The normalized spacial score (nSPS) is 9.98. The monoisotopic (exact) mass is 1370 g/mol. The van der Waals surface area contributed by atoms with Crippen molar-refractivity contribution in [1.82, 2.24) is 0 Å². The molecular weight excluding hydrogens is 1190 g/mol. The summed E-state index contributed by atoms with van der Waals surface area (Å²) in [4.78, 5) is 0. The number of benzene rings is 7. The minimum absolute atomic E-state index is 1.03.